The van der Waals surface area contributed by atoms with Crippen LogP contribution in [0, 0.1) is 157 Å². The van der Waals surface area contributed by atoms with Crippen molar-refractivity contribution in [1.29, 1.82) is 0 Å². The molecule has 0 spiro atoms. The van der Waals surface area contributed by atoms with Crippen molar-refractivity contribution in [2.75, 3.05) is 0 Å². The maximum Gasteiger partial charge on any atom is 0.232 e. The summed E-state index contributed by atoms with van der Waals surface area (Å²) in [6, 6.07) is 28.5. The lowest BCUT2D eigenvalue weighted by molar-refractivity contribution is -0.661. The molecule has 0 amide bonds. The van der Waals surface area contributed by atoms with E-state index in [-0.39, 0.29) is 50.8 Å². The molecule has 15 heterocycles. The summed E-state index contributed by atoms with van der Waals surface area (Å²) < 4.78 is 168. The van der Waals surface area contributed by atoms with Gasteiger partial charge in [-0.2, -0.15) is 46.9 Å². The Balaban J connectivity index is 0.000000125. The number of furan rings is 5. The van der Waals surface area contributed by atoms with E-state index in [0.717, 1.165) is 129 Å². The van der Waals surface area contributed by atoms with Crippen LogP contribution in [0.1, 0.15) is 210 Å². The van der Waals surface area contributed by atoms with Gasteiger partial charge in [0.2, 0.25) is 86.8 Å². The molecule has 714 valence electrons. The summed E-state index contributed by atoms with van der Waals surface area (Å²) in [5.74, 6) is -3.47. The fourth-order valence-electron chi connectivity index (χ4n) is 20.3. The van der Waals surface area contributed by atoms with Crippen molar-refractivity contribution in [3.63, 3.8) is 0 Å². The molecule has 0 saturated carbocycles. The monoisotopic (exact) mass is 1890 g/mol. The molecule has 0 atom stereocenters. The van der Waals surface area contributed by atoms with Crippen LogP contribution in [-0.2, 0) is 35.2 Å². The Kier molecular flexibility index (Phi) is 26.4. The van der Waals surface area contributed by atoms with Crippen molar-refractivity contribution < 1.29 is 84.4 Å². The number of pyridine rings is 10. The van der Waals surface area contributed by atoms with Gasteiger partial charge in [0.25, 0.3) is 0 Å². The smallest absolute Gasteiger partial charge is 0.232 e. The zero-order valence-electron chi connectivity index (χ0n) is 84.4. The minimum absolute atomic E-state index is 0.0133. The van der Waals surface area contributed by atoms with Crippen molar-refractivity contribution in [2.24, 2.45) is 35.2 Å². The second-order valence-corrected chi connectivity index (χ2v) is 39.2. The van der Waals surface area contributed by atoms with Gasteiger partial charge < -0.3 is 22.1 Å². The number of aryl methyl sites for hydroxylation is 19. The maximum absolute atomic E-state index is 14.9. The molecule has 139 heavy (non-hydrogen) atoms. The van der Waals surface area contributed by atoms with E-state index in [1.165, 1.54) is 75.7 Å². The molecule has 0 N–H and O–H groups in total. The van der Waals surface area contributed by atoms with Crippen LogP contribution in [0.15, 0.2) is 150 Å². The van der Waals surface area contributed by atoms with Gasteiger partial charge in [0.1, 0.15) is 58.5 Å². The molecule has 20 aromatic rings. The second kappa shape index (κ2) is 37.4. The molecule has 0 unspecified atom stereocenters. The van der Waals surface area contributed by atoms with E-state index in [9.17, 15) is 39.5 Å². The first-order chi connectivity index (χ1) is 65.5. The van der Waals surface area contributed by atoms with E-state index < -0.39 is 41.4 Å². The van der Waals surface area contributed by atoms with Gasteiger partial charge in [-0.25, -0.2) is 40.4 Å². The molecule has 0 aliphatic carbocycles. The third kappa shape index (κ3) is 17.6. The maximum atomic E-state index is 14.9. The minimum Gasteiger partial charge on any atom is -0.437 e. The van der Waals surface area contributed by atoms with Crippen LogP contribution in [-0.4, -0.2) is 24.9 Å². The molecular formula is C115H116F9N10O5+5. The van der Waals surface area contributed by atoms with Crippen LogP contribution in [0.4, 0.5) is 39.5 Å². The first kappa shape index (κ1) is 98.0. The minimum atomic E-state index is -0.886. The number of rotatable bonds is 10. The number of aromatic nitrogens is 10. The molecule has 0 fully saturated rings. The summed E-state index contributed by atoms with van der Waals surface area (Å²) in [6.07, 6.45) is 10.7. The largest absolute Gasteiger partial charge is 0.437 e. The highest BCUT2D eigenvalue weighted by atomic mass is 19.2. The van der Waals surface area contributed by atoms with Gasteiger partial charge in [0, 0.05) is 96.9 Å². The zero-order valence-corrected chi connectivity index (χ0v) is 84.4. The third-order valence-electron chi connectivity index (χ3n) is 27.2. The Morgan fingerprint density at radius 3 is 0.986 bits per heavy atom. The number of nitrogens with zero attached hydrogens (tertiary/aromatic N) is 10. The third-order valence-corrected chi connectivity index (χ3v) is 27.2. The Bertz CT molecular complexity index is 8300. The van der Waals surface area contributed by atoms with Crippen LogP contribution >= 0.6 is 0 Å². The Morgan fingerprint density at radius 1 is 0.230 bits per heavy atom. The number of benzene rings is 5. The normalized spacial score (nSPS) is 11.9. The van der Waals surface area contributed by atoms with Gasteiger partial charge in [-0.05, 0) is 242 Å². The first-order valence-electron chi connectivity index (χ1n) is 46.8. The Morgan fingerprint density at radius 2 is 0.547 bits per heavy atom. The van der Waals surface area contributed by atoms with Crippen molar-refractivity contribution in [3.8, 4) is 56.3 Å². The van der Waals surface area contributed by atoms with Gasteiger partial charge in [-0.3, -0.25) is 0 Å². The molecule has 15 aromatic heterocycles. The van der Waals surface area contributed by atoms with E-state index in [1.807, 2.05) is 90.1 Å². The van der Waals surface area contributed by atoms with E-state index in [4.69, 9.17) is 22.1 Å². The molecule has 20 rings (SSSR count). The van der Waals surface area contributed by atoms with Gasteiger partial charge in [0.05, 0.1) is 60.1 Å². The fraction of sp³-hybridized carbons (Fsp3) is 0.304. The van der Waals surface area contributed by atoms with Crippen molar-refractivity contribution in [3.05, 3.63) is 292 Å². The standard InChI is InChI=1S/4C23H23F2N2O.C23H24FN2O/c1-11(2)16-10-27(6)18(9-12(16)3)19-13(4)8-17(24)20-15-7-14(5)22(25)26-23(15)28-21(19)20;1-11(2)15-10-27(6)17(8-12(15)3)19-13(4)7-16(24)21-20-14(5)9-18(25)26-23(20)28-22(19)21;1-11(2)15-10-27(6)17(8-12(15)3)19-13(4)7-14(5)20-21-16(24)9-18(25)26-23(21)28-22(19)20;1-11(2)16-10-27(6)17(9-13(16)4)18-12(3)7-8-15-19-20(24)14(5)22(25)26-23(19)28-21(15)18;1-12(2)17-11-26(6)18(10-13(17)3)21-15(5)9-14(4)20-16-7-8-19(24)25-23(16)27-22(20)21/h4*7-11H,1-6H3;7-12H,1-6H3/q5*+1. The molecule has 5 aromatic carbocycles. The summed E-state index contributed by atoms with van der Waals surface area (Å²) in [7, 11) is 9.99. The van der Waals surface area contributed by atoms with Gasteiger partial charge in [-0.15, -0.1) is 0 Å². The lowest BCUT2D eigenvalue weighted by Gasteiger charge is -2.12. The lowest BCUT2D eigenvalue weighted by Crippen LogP contribution is -2.32. The highest BCUT2D eigenvalue weighted by molar-refractivity contribution is 6.14. The number of fused-ring (bicyclic) bond motifs is 15. The van der Waals surface area contributed by atoms with Crippen LogP contribution in [0.3, 0.4) is 0 Å². The fourth-order valence-corrected chi connectivity index (χ4v) is 20.3. The topological polar surface area (TPSA) is 150 Å². The SMILES string of the molecule is Cc1cc(-c2c(C)cc(C)c3c2oc2nc(F)cc(F)c23)[n+](C)cc1C(C)C.Cc1cc(-c2c(C)cc(C)c3c2oc2nc(F)ccc23)[n+](C)cc1C(C)C.Cc1cc(-c2c(C)cc(F)c3c2oc2nc(F)c(C)cc23)[n+](C)cc1C(C)C.Cc1cc(-c2c(C)cc(F)c3c2oc2nc(F)cc(C)c23)[n+](C)cc1C(C)C.Cc1cc(-c2c(C)ccc3c2oc2nc(F)c(C)c(F)c23)[n+](C)cc1C(C)C. The van der Waals surface area contributed by atoms with Crippen LogP contribution < -0.4 is 22.8 Å². The number of halogens is 9. The van der Waals surface area contributed by atoms with Crippen molar-refractivity contribution >= 4 is 110 Å². The summed E-state index contributed by atoms with van der Waals surface area (Å²) in [5, 5.41) is 5.27. The summed E-state index contributed by atoms with van der Waals surface area (Å²) in [6.45, 7) is 50.7. The Hall–Kier alpha value is -14.0. The molecular weight excluding hydrogens is 1770 g/mol. The number of hydrogen-bond acceptors (Lipinski definition) is 10. The quantitative estimate of drug-likeness (QED) is 0.0735. The van der Waals surface area contributed by atoms with Crippen LogP contribution in [0.2, 0.25) is 0 Å². The van der Waals surface area contributed by atoms with E-state index in [1.54, 1.807) is 26.0 Å². The van der Waals surface area contributed by atoms with Crippen molar-refractivity contribution in [1.82, 2.24) is 24.9 Å². The van der Waals surface area contributed by atoms with Crippen LogP contribution in [0.5, 0.6) is 0 Å². The van der Waals surface area contributed by atoms with E-state index in [0.29, 0.717) is 101 Å². The summed E-state index contributed by atoms with van der Waals surface area (Å²) >= 11 is 0. The average Bonchev–Trinajstić information content (AvgIpc) is 1.62. The summed E-state index contributed by atoms with van der Waals surface area (Å²) in [4.78, 5) is 19.3. The van der Waals surface area contributed by atoms with Crippen LogP contribution in [0.25, 0.3) is 167 Å². The van der Waals surface area contributed by atoms with Gasteiger partial charge in [0.15, 0.2) is 58.9 Å². The highest BCUT2D eigenvalue weighted by Gasteiger charge is 2.34. The molecule has 0 bridgehead atoms. The van der Waals surface area contributed by atoms with E-state index in [2.05, 4.69) is 231 Å². The first-order valence-corrected chi connectivity index (χ1v) is 46.8. The molecule has 24 heteroatoms. The zero-order chi connectivity index (χ0) is 101. The lowest BCUT2D eigenvalue weighted by atomic mass is 9.94. The molecule has 0 radical (unpaired) electrons. The number of hydrogen-bond donors (Lipinski definition) is 0. The summed E-state index contributed by atoms with van der Waals surface area (Å²) in [5.41, 5.74) is 32.2. The predicted octanol–water partition coefficient (Wildman–Crippen LogP) is 28.9. The van der Waals surface area contributed by atoms with Gasteiger partial charge >= 0.3 is 0 Å². The van der Waals surface area contributed by atoms with Gasteiger partial charge in [-0.1, -0.05) is 93.5 Å². The van der Waals surface area contributed by atoms with Crippen molar-refractivity contribution in [2.45, 2.75) is 203 Å². The second-order valence-electron chi connectivity index (χ2n) is 39.2. The molecule has 15 nitrogen and oxygen atoms in total. The average molecular weight is 1890 g/mol. The Labute approximate surface area is 801 Å². The predicted molar refractivity (Wildman–Crippen MR) is 532 cm³/mol. The highest BCUT2D eigenvalue weighted by Crippen LogP contribution is 2.47. The molecule has 0 saturated heterocycles. The molecule has 0 aliphatic rings. The van der Waals surface area contributed by atoms with E-state index >= 15 is 0 Å². The molecule has 0 aliphatic heterocycles.